The molecule has 152 valence electrons. The molecule has 2 amide bonds. The summed E-state index contributed by atoms with van der Waals surface area (Å²) in [6.45, 7) is 6.26. The molecule has 3 rings (SSSR count). The van der Waals surface area contributed by atoms with Gasteiger partial charge in [-0.1, -0.05) is 0 Å². The second-order valence-corrected chi connectivity index (χ2v) is 7.45. The Labute approximate surface area is 160 Å². The Morgan fingerprint density at radius 1 is 1.00 bits per heavy atom. The third-order valence-corrected chi connectivity index (χ3v) is 5.63. The largest absolute Gasteiger partial charge is 0.464 e. The highest BCUT2D eigenvalue weighted by atomic mass is 16.5. The van der Waals surface area contributed by atoms with Crippen molar-refractivity contribution in [3.05, 3.63) is 0 Å². The second kappa shape index (κ2) is 9.50. The number of hydrogen-bond donors (Lipinski definition) is 0. The molecule has 8 nitrogen and oxygen atoms in total. The van der Waals surface area contributed by atoms with E-state index >= 15 is 0 Å². The fourth-order valence-corrected chi connectivity index (χ4v) is 4.10. The lowest BCUT2D eigenvalue weighted by Crippen LogP contribution is -2.55. The average molecular weight is 381 g/mol. The van der Waals surface area contributed by atoms with Crippen LogP contribution in [0.25, 0.3) is 0 Å². The molecule has 2 unspecified atom stereocenters. The summed E-state index contributed by atoms with van der Waals surface area (Å²) in [5, 5.41) is 0. The quantitative estimate of drug-likeness (QED) is 0.636. The Balaban J connectivity index is 1.48. The lowest BCUT2D eigenvalue weighted by Gasteiger charge is -2.38. The van der Waals surface area contributed by atoms with Crippen LogP contribution in [-0.4, -0.2) is 97.1 Å². The van der Waals surface area contributed by atoms with Gasteiger partial charge < -0.3 is 19.3 Å². The van der Waals surface area contributed by atoms with Crippen molar-refractivity contribution in [3.63, 3.8) is 0 Å². The lowest BCUT2D eigenvalue weighted by atomic mass is 10.0. The molecule has 3 aliphatic heterocycles. The van der Waals surface area contributed by atoms with E-state index in [9.17, 15) is 14.4 Å². The van der Waals surface area contributed by atoms with Gasteiger partial charge in [0.05, 0.1) is 13.2 Å². The zero-order valence-electron chi connectivity index (χ0n) is 16.2. The molecule has 0 saturated carbocycles. The number of esters is 1. The molecule has 0 aromatic carbocycles. The van der Waals surface area contributed by atoms with Crippen molar-refractivity contribution in [2.45, 2.75) is 51.2 Å². The predicted octanol–water partition coefficient (Wildman–Crippen LogP) is 0.254. The molecule has 0 aromatic heterocycles. The summed E-state index contributed by atoms with van der Waals surface area (Å²) < 4.78 is 10.6. The van der Waals surface area contributed by atoms with E-state index in [2.05, 4.69) is 4.90 Å². The van der Waals surface area contributed by atoms with Crippen LogP contribution < -0.4 is 0 Å². The van der Waals surface area contributed by atoms with E-state index in [1.807, 2.05) is 4.90 Å². The van der Waals surface area contributed by atoms with Gasteiger partial charge in [0.2, 0.25) is 5.91 Å². The van der Waals surface area contributed by atoms with Crippen LogP contribution >= 0.6 is 0 Å². The molecule has 3 heterocycles. The monoisotopic (exact) mass is 381 g/mol. The van der Waals surface area contributed by atoms with Crippen molar-refractivity contribution in [1.82, 2.24) is 14.7 Å². The van der Waals surface area contributed by atoms with E-state index in [1.54, 1.807) is 11.8 Å². The maximum absolute atomic E-state index is 12.8. The number of hydrogen-bond acceptors (Lipinski definition) is 6. The van der Waals surface area contributed by atoms with Crippen LogP contribution in [0.1, 0.15) is 39.0 Å². The highest BCUT2D eigenvalue weighted by molar-refractivity contribution is 5.86. The molecule has 3 saturated heterocycles. The average Bonchev–Trinajstić information content (AvgIpc) is 3.23. The minimum absolute atomic E-state index is 0.0216. The lowest BCUT2D eigenvalue weighted by molar-refractivity contribution is -0.157. The molecule has 0 aromatic rings. The Bertz CT molecular complexity index is 541. The molecule has 0 N–H and O–H groups in total. The first-order valence-corrected chi connectivity index (χ1v) is 10.2. The van der Waals surface area contributed by atoms with E-state index in [0.717, 1.165) is 25.7 Å². The van der Waals surface area contributed by atoms with Crippen LogP contribution in [-0.2, 0) is 23.9 Å². The van der Waals surface area contributed by atoms with Gasteiger partial charge in [-0.05, 0) is 39.0 Å². The first-order valence-electron chi connectivity index (χ1n) is 10.2. The summed E-state index contributed by atoms with van der Waals surface area (Å²) >= 11 is 0. The first-order chi connectivity index (χ1) is 13.1. The first kappa shape index (κ1) is 20.1. The van der Waals surface area contributed by atoms with Crippen molar-refractivity contribution >= 4 is 17.8 Å². The maximum Gasteiger partial charge on any atom is 0.328 e. The molecule has 0 spiro atoms. The van der Waals surface area contributed by atoms with Crippen molar-refractivity contribution in [1.29, 1.82) is 0 Å². The standard InChI is InChI=1S/C19H31N3O5/c1-2-26-19(25)15-6-3-4-8-22(15)17(23)14-20-9-11-21(12-10-20)18(24)16-7-5-13-27-16/h15-16H,2-14H2,1H3. The number of nitrogens with zero attached hydrogens (tertiary/aromatic N) is 3. The normalized spacial score (nSPS) is 26.9. The summed E-state index contributed by atoms with van der Waals surface area (Å²) in [6.07, 6.45) is 4.01. The molecule has 3 fully saturated rings. The smallest absolute Gasteiger partial charge is 0.328 e. The van der Waals surface area contributed by atoms with Crippen molar-refractivity contribution < 1.29 is 23.9 Å². The minimum atomic E-state index is -0.450. The number of carbonyl (C=O) groups is 3. The third kappa shape index (κ3) is 4.99. The molecule has 3 aliphatic rings. The number of carbonyl (C=O) groups excluding carboxylic acids is 3. The minimum Gasteiger partial charge on any atom is -0.464 e. The van der Waals surface area contributed by atoms with Gasteiger partial charge >= 0.3 is 5.97 Å². The highest BCUT2D eigenvalue weighted by Gasteiger charge is 2.35. The predicted molar refractivity (Wildman–Crippen MR) is 98.0 cm³/mol. The fourth-order valence-electron chi connectivity index (χ4n) is 4.10. The van der Waals surface area contributed by atoms with Crippen molar-refractivity contribution in [2.24, 2.45) is 0 Å². The molecular formula is C19H31N3O5. The Morgan fingerprint density at radius 3 is 2.44 bits per heavy atom. The summed E-state index contributed by atoms with van der Waals surface area (Å²) in [5.74, 6) is -0.235. The maximum atomic E-state index is 12.8. The molecule has 8 heteroatoms. The van der Waals surface area contributed by atoms with Gasteiger partial charge in [-0.15, -0.1) is 0 Å². The number of piperazine rings is 1. The highest BCUT2D eigenvalue weighted by Crippen LogP contribution is 2.20. The summed E-state index contributed by atoms with van der Waals surface area (Å²) in [6, 6.07) is -0.450. The SMILES string of the molecule is CCOC(=O)C1CCCCN1C(=O)CN1CCN(C(=O)C2CCCO2)CC1. The molecule has 0 aliphatic carbocycles. The van der Waals surface area contributed by atoms with Gasteiger partial charge in [-0.3, -0.25) is 14.5 Å². The second-order valence-electron chi connectivity index (χ2n) is 7.45. The van der Waals surface area contributed by atoms with Crippen LogP contribution in [0.2, 0.25) is 0 Å². The van der Waals surface area contributed by atoms with Gasteiger partial charge in [0.15, 0.2) is 0 Å². The number of piperidine rings is 1. The van der Waals surface area contributed by atoms with E-state index in [-0.39, 0.29) is 30.4 Å². The summed E-state index contributed by atoms with van der Waals surface area (Å²) in [5.41, 5.74) is 0. The molecule has 27 heavy (non-hydrogen) atoms. The van der Waals surface area contributed by atoms with E-state index in [1.165, 1.54) is 0 Å². The van der Waals surface area contributed by atoms with Gasteiger partial charge in [0.1, 0.15) is 12.1 Å². The van der Waals surface area contributed by atoms with Crippen molar-refractivity contribution in [2.75, 3.05) is 52.5 Å². The van der Waals surface area contributed by atoms with Gasteiger partial charge in [-0.2, -0.15) is 0 Å². The van der Waals surface area contributed by atoms with Crippen LogP contribution in [0, 0.1) is 0 Å². The molecular weight excluding hydrogens is 350 g/mol. The van der Waals surface area contributed by atoms with Gasteiger partial charge in [0, 0.05) is 39.3 Å². The van der Waals surface area contributed by atoms with E-state index in [4.69, 9.17) is 9.47 Å². The third-order valence-electron chi connectivity index (χ3n) is 5.63. The van der Waals surface area contributed by atoms with Crippen molar-refractivity contribution in [3.8, 4) is 0 Å². The fraction of sp³-hybridized carbons (Fsp3) is 0.842. The zero-order valence-corrected chi connectivity index (χ0v) is 16.2. The molecule has 0 bridgehead atoms. The number of ether oxygens (including phenoxy) is 2. The summed E-state index contributed by atoms with van der Waals surface area (Å²) in [7, 11) is 0. The van der Waals surface area contributed by atoms with Crippen LogP contribution in [0.3, 0.4) is 0 Å². The van der Waals surface area contributed by atoms with Crippen LogP contribution in [0.5, 0.6) is 0 Å². The van der Waals surface area contributed by atoms with Gasteiger partial charge in [0.25, 0.3) is 5.91 Å². The van der Waals surface area contributed by atoms with Crippen LogP contribution in [0.4, 0.5) is 0 Å². The molecule has 0 radical (unpaired) electrons. The Morgan fingerprint density at radius 2 is 1.78 bits per heavy atom. The number of rotatable bonds is 5. The molecule has 2 atom stereocenters. The number of likely N-dealkylation sites (tertiary alicyclic amines) is 1. The van der Waals surface area contributed by atoms with E-state index in [0.29, 0.717) is 52.4 Å². The Hall–Kier alpha value is -1.67. The summed E-state index contributed by atoms with van der Waals surface area (Å²) in [4.78, 5) is 43.0. The van der Waals surface area contributed by atoms with E-state index < -0.39 is 6.04 Å². The van der Waals surface area contributed by atoms with Crippen LogP contribution in [0.15, 0.2) is 0 Å². The number of amides is 2. The van der Waals surface area contributed by atoms with Gasteiger partial charge in [-0.25, -0.2) is 4.79 Å². The Kier molecular flexibility index (Phi) is 7.07. The zero-order chi connectivity index (χ0) is 19.2. The topological polar surface area (TPSA) is 79.4 Å².